The minimum absolute atomic E-state index is 0.109. The van der Waals surface area contributed by atoms with E-state index in [1.165, 1.54) is 0 Å². The summed E-state index contributed by atoms with van der Waals surface area (Å²) < 4.78 is 5.52. The fourth-order valence-corrected chi connectivity index (χ4v) is 3.76. The largest absolute Gasteiger partial charge is 0.368 e. The molecule has 3 heterocycles. The zero-order chi connectivity index (χ0) is 15.3. The number of carbonyl (C=O) groups is 1. The lowest BCUT2D eigenvalue weighted by atomic mass is 10.0. The van der Waals surface area contributed by atoms with Gasteiger partial charge in [0, 0.05) is 42.8 Å². The Labute approximate surface area is 138 Å². The molecule has 1 atom stereocenters. The first kappa shape index (κ1) is 14.4. The average molecular weight is 339 g/mol. The molecule has 1 saturated heterocycles. The molecule has 2 aliphatic heterocycles. The number of nitrogens with one attached hydrogen (secondary N) is 1. The Morgan fingerprint density at radius 3 is 3.00 bits per heavy atom. The summed E-state index contributed by atoms with van der Waals surface area (Å²) in [5.74, 6) is 0.109. The molecule has 0 radical (unpaired) electrons. The summed E-state index contributed by atoms with van der Waals surface area (Å²) in [6.45, 7) is 2.01. The van der Waals surface area contributed by atoms with Crippen LogP contribution in [-0.2, 0) is 22.5 Å². The summed E-state index contributed by atoms with van der Waals surface area (Å²) in [5, 5.41) is 2.14. The normalized spacial score (nSPS) is 21.4. The van der Waals surface area contributed by atoms with Crippen molar-refractivity contribution >= 4 is 40.0 Å². The maximum Gasteiger partial charge on any atom is 0.252 e. The van der Waals surface area contributed by atoms with Crippen molar-refractivity contribution in [2.45, 2.75) is 31.9 Å². The standard InChI is InChI=1S/C16H16Cl2N2O2/c17-11-4-3-9-10-8-20(16(21)13-2-1-7-22-13)6-5-12(10)19-15(9)14(11)18/h3-4,13,19H,1-2,5-8H2. The summed E-state index contributed by atoms with van der Waals surface area (Å²) >= 11 is 12.4. The molecule has 0 aliphatic carbocycles. The van der Waals surface area contributed by atoms with Gasteiger partial charge in [-0.25, -0.2) is 0 Å². The van der Waals surface area contributed by atoms with E-state index in [1.807, 2.05) is 11.0 Å². The van der Waals surface area contributed by atoms with Gasteiger partial charge in [0.2, 0.25) is 0 Å². The summed E-state index contributed by atoms with van der Waals surface area (Å²) in [5.41, 5.74) is 3.16. The number of halogens is 2. The second-order valence-electron chi connectivity index (χ2n) is 5.88. The molecule has 2 aromatic rings. The summed E-state index contributed by atoms with van der Waals surface area (Å²) in [7, 11) is 0. The first-order valence-corrected chi connectivity index (χ1v) is 8.28. The predicted octanol–water partition coefficient (Wildman–Crippen LogP) is 3.54. The zero-order valence-corrected chi connectivity index (χ0v) is 13.5. The second kappa shape index (κ2) is 5.44. The number of amides is 1. The molecule has 22 heavy (non-hydrogen) atoms. The Morgan fingerprint density at radius 1 is 1.36 bits per heavy atom. The first-order chi connectivity index (χ1) is 10.6. The van der Waals surface area contributed by atoms with E-state index in [0.29, 0.717) is 29.7 Å². The first-order valence-electron chi connectivity index (χ1n) is 7.53. The molecule has 116 valence electrons. The molecule has 0 spiro atoms. The summed E-state index contributed by atoms with van der Waals surface area (Å²) in [6, 6.07) is 3.78. The van der Waals surface area contributed by atoms with Gasteiger partial charge >= 0.3 is 0 Å². The summed E-state index contributed by atoms with van der Waals surface area (Å²) in [4.78, 5) is 17.8. The van der Waals surface area contributed by atoms with E-state index < -0.39 is 0 Å². The highest BCUT2D eigenvalue weighted by Crippen LogP contribution is 2.35. The number of rotatable bonds is 1. The molecule has 1 amide bonds. The molecule has 1 N–H and O–H groups in total. The Hall–Kier alpha value is -1.23. The fraction of sp³-hybridized carbons (Fsp3) is 0.438. The monoisotopic (exact) mass is 338 g/mol. The lowest BCUT2D eigenvalue weighted by Gasteiger charge is -2.29. The number of ether oxygens (including phenoxy) is 1. The van der Waals surface area contributed by atoms with Crippen LogP contribution in [0, 0.1) is 0 Å². The summed E-state index contributed by atoms with van der Waals surface area (Å²) in [6.07, 6.45) is 2.34. The van der Waals surface area contributed by atoms with Gasteiger partial charge in [0.15, 0.2) is 0 Å². The van der Waals surface area contributed by atoms with E-state index in [1.54, 1.807) is 6.07 Å². The van der Waals surface area contributed by atoms with Crippen LogP contribution in [0.5, 0.6) is 0 Å². The Bertz CT molecular complexity index is 750. The number of aromatic nitrogens is 1. The Kier molecular flexibility index (Phi) is 3.56. The van der Waals surface area contributed by atoms with Crippen LogP contribution in [0.1, 0.15) is 24.1 Å². The highest BCUT2D eigenvalue weighted by Gasteiger charge is 2.31. The van der Waals surface area contributed by atoms with Crippen LogP contribution in [0.3, 0.4) is 0 Å². The van der Waals surface area contributed by atoms with Gasteiger partial charge in [-0.15, -0.1) is 0 Å². The maximum absolute atomic E-state index is 12.5. The van der Waals surface area contributed by atoms with Gasteiger partial charge in [0.25, 0.3) is 5.91 Å². The number of carbonyl (C=O) groups excluding carboxylic acids is 1. The third-order valence-corrected chi connectivity index (χ3v) is 5.36. The van der Waals surface area contributed by atoms with Crippen molar-refractivity contribution in [3.05, 3.63) is 33.4 Å². The number of nitrogens with zero attached hydrogens (tertiary/aromatic N) is 1. The Morgan fingerprint density at radius 2 is 2.23 bits per heavy atom. The molecule has 1 unspecified atom stereocenters. The van der Waals surface area contributed by atoms with Crippen molar-refractivity contribution in [2.24, 2.45) is 0 Å². The van der Waals surface area contributed by atoms with E-state index >= 15 is 0 Å². The highest BCUT2D eigenvalue weighted by molar-refractivity contribution is 6.45. The molecule has 4 rings (SSSR count). The van der Waals surface area contributed by atoms with Crippen molar-refractivity contribution < 1.29 is 9.53 Å². The third-order valence-electron chi connectivity index (χ3n) is 4.56. The molecular weight excluding hydrogens is 323 g/mol. The number of hydrogen-bond acceptors (Lipinski definition) is 2. The molecule has 1 aromatic carbocycles. The van der Waals surface area contributed by atoms with Crippen LogP contribution < -0.4 is 0 Å². The third kappa shape index (κ3) is 2.21. The van der Waals surface area contributed by atoms with Crippen molar-refractivity contribution in [2.75, 3.05) is 13.2 Å². The van der Waals surface area contributed by atoms with E-state index in [0.717, 1.165) is 41.4 Å². The van der Waals surface area contributed by atoms with Crippen molar-refractivity contribution in [1.82, 2.24) is 9.88 Å². The van der Waals surface area contributed by atoms with Crippen LogP contribution in [0.4, 0.5) is 0 Å². The van der Waals surface area contributed by atoms with Gasteiger partial charge in [0.05, 0.1) is 15.6 Å². The molecule has 4 nitrogen and oxygen atoms in total. The van der Waals surface area contributed by atoms with Crippen molar-refractivity contribution in [3.63, 3.8) is 0 Å². The van der Waals surface area contributed by atoms with E-state index in [2.05, 4.69) is 4.98 Å². The Balaban J connectivity index is 1.68. The van der Waals surface area contributed by atoms with Crippen LogP contribution >= 0.6 is 23.2 Å². The zero-order valence-electron chi connectivity index (χ0n) is 12.0. The van der Waals surface area contributed by atoms with Crippen LogP contribution in [0.15, 0.2) is 12.1 Å². The van der Waals surface area contributed by atoms with Gasteiger partial charge in [-0.2, -0.15) is 0 Å². The van der Waals surface area contributed by atoms with Gasteiger partial charge < -0.3 is 14.6 Å². The molecule has 6 heteroatoms. The topological polar surface area (TPSA) is 45.3 Å². The molecule has 2 aliphatic rings. The van der Waals surface area contributed by atoms with E-state index in [9.17, 15) is 4.79 Å². The maximum atomic E-state index is 12.5. The molecule has 1 aromatic heterocycles. The second-order valence-corrected chi connectivity index (χ2v) is 6.66. The minimum Gasteiger partial charge on any atom is -0.368 e. The molecule has 0 bridgehead atoms. The van der Waals surface area contributed by atoms with Gasteiger partial charge in [-0.1, -0.05) is 29.3 Å². The minimum atomic E-state index is -0.259. The highest BCUT2D eigenvalue weighted by atomic mass is 35.5. The number of H-pyrrole nitrogens is 1. The van der Waals surface area contributed by atoms with Crippen molar-refractivity contribution in [3.8, 4) is 0 Å². The number of benzene rings is 1. The molecular formula is C16H16Cl2N2O2. The molecule has 1 fully saturated rings. The predicted molar refractivity (Wildman–Crippen MR) is 86.4 cm³/mol. The quantitative estimate of drug-likeness (QED) is 0.864. The van der Waals surface area contributed by atoms with E-state index in [4.69, 9.17) is 27.9 Å². The van der Waals surface area contributed by atoms with Crippen LogP contribution in [0.2, 0.25) is 10.0 Å². The lowest BCUT2D eigenvalue weighted by Crippen LogP contribution is -2.41. The fourth-order valence-electron chi connectivity index (χ4n) is 3.39. The van der Waals surface area contributed by atoms with Crippen LogP contribution in [-0.4, -0.2) is 35.0 Å². The van der Waals surface area contributed by atoms with Crippen molar-refractivity contribution in [1.29, 1.82) is 0 Å². The van der Waals surface area contributed by atoms with Crippen LogP contribution in [0.25, 0.3) is 10.9 Å². The number of aromatic amines is 1. The van der Waals surface area contributed by atoms with Gasteiger partial charge in [-0.3, -0.25) is 4.79 Å². The number of fused-ring (bicyclic) bond motifs is 3. The smallest absolute Gasteiger partial charge is 0.252 e. The van der Waals surface area contributed by atoms with E-state index in [-0.39, 0.29) is 12.0 Å². The molecule has 0 saturated carbocycles. The lowest BCUT2D eigenvalue weighted by molar-refractivity contribution is -0.141. The van der Waals surface area contributed by atoms with Gasteiger partial charge in [0.1, 0.15) is 6.10 Å². The SMILES string of the molecule is O=C(C1CCCO1)N1CCc2[nH]c3c(Cl)c(Cl)ccc3c2C1. The number of hydrogen-bond donors (Lipinski definition) is 1. The average Bonchev–Trinajstić information content (AvgIpc) is 3.17. The van der Waals surface area contributed by atoms with Gasteiger partial charge in [-0.05, 0) is 18.9 Å².